The third-order valence-corrected chi connectivity index (χ3v) is 3.10. The lowest BCUT2D eigenvalue weighted by atomic mass is 10.2. The Morgan fingerprint density at radius 2 is 2.17 bits per heavy atom. The third kappa shape index (κ3) is 2.40. The molecule has 0 aliphatic rings. The number of nitrogens with two attached hydrogens (primary N) is 1. The molecule has 92 valence electrons. The van der Waals surface area contributed by atoms with Crippen LogP contribution in [0.2, 0.25) is 0 Å². The number of aromatic carboxylic acids is 1. The highest BCUT2D eigenvalue weighted by atomic mass is 32.2. The van der Waals surface area contributed by atoms with Gasteiger partial charge in [-0.3, -0.25) is 4.98 Å². The van der Waals surface area contributed by atoms with Gasteiger partial charge in [0.2, 0.25) is 0 Å². The minimum Gasteiger partial charge on any atom is -0.478 e. The number of rotatable bonds is 3. The first kappa shape index (κ1) is 12.3. The molecule has 7 heteroatoms. The average Bonchev–Trinajstić information content (AvgIpc) is 2.35. The summed E-state index contributed by atoms with van der Waals surface area (Å²) in [6.45, 7) is 0. The van der Waals surface area contributed by atoms with Gasteiger partial charge in [-0.25, -0.2) is 14.2 Å². The van der Waals surface area contributed by atoms with Gasteiger partial charge >= 0.3 is 5.97 Å². The SMILES string of the molecule is Nc1c(F)ccc(Sc2cnccn2)c1C(=O)O. The van der Waals surface area contributed by atoms with Crippen LogP contribution in [0.25, 0.3) is 0 Å². The van der Waals surface area contributed by atoms with Crippen LogP contribution in [0.5, 0.6) is 0 Å². The lowest BCUT2D eigenvalue weighted by Gasteiger charge is -2.08. The molecule has 1 aromatic carbocycles. The summed E-state index contributed by atoms with van der Waals surface area (Å²) in [6, 6.07) is 2.48. The molecule has 0 aliphatic carbocycles. The fourth-order valence-electron chi connectivity index (χ4n) is 1.33. The topological polar surface area (TPSA) is 89.1 Å². The van der Waals surface area contributed by atoms with E-state index in [0.717, 1.165) is 17.8 Å². The second-order valence-corrected chi connectivity index (χ2v) is 4.35. The summed E-state index contributed by atoms with van der Waals surface area (Å²) in [7, 11) is 0. The lowest BCUT2D eigenvalue weighted by molar-refractivity contribution is 0.0694. The van der Waals surface area contributed by atoms with E-state index in [0.29, 0.717) is 9.92 Å². The highest BCUT2D eigenvalue weighted by molar-refractivity contribution is 7.99. The molecule has 5 nitrogen and oxygen atoms in total. The molecule has 1 heterocycles. The maximum atomic E-state index is 13.2. The molecule has 2 rings (SSSR count). The van der Waals surface area contributed by atoms with Crippen LogP contribution in [0.1, 0.15) is 10.4 Å². The van der Waals surface area contributed by atoms with E-state index in [9.17, 15) is 9.18 Å². The van der Waals surface area contributed by atoms with E-state index in [1.165, 1.54) is 24.7 Å². The van der Waals surface area contributed by atoms with Gasteiger partial charge in [0, 0.05) is 17.3 Å². The zero-order valence-electron chi connectivity index (χ0n) is 9.00. The fraction of sp³-hybridized carbons (Fsp3) is 0. The molecule has 0 aliphatic heterocycles. The Morgan fingerprint density at radius 1 is 1.39 bits per heavy atom. The number of halogens is 1. The van der Waals surface area contributed by atoms with Gasteiger partial charge in [0.25, 0.3) is 0 Å². The molecule has 0 spiro atoms. The van der Waals surface area contributed by atoms with Crippen molar-refractivity contribution < 1.29 is 14.3 Å². The highest BCUT2D eigenvalue weighted by Gasteiger charge is 2.18. The van der Waals surface area contributed by atoms with Crippen molar-refractivity contribution in [3.8, 4) is 0 Å². The molecule has 0 fully saturated rings. The number of aromatic nitrogens is 2. The molecule has 0 bridgehead atoms. The number of carbonyl (C=O) groups is 1. The van der Waals surface area contributed by atoms with Gasteiger partial charge in [-0.1, -0.05) is 11.8 Å². The molecule has 3 N–H and O–H groups in total. The molecule has 0 unspecified atom stereocenters. The van der Waals surface area contributed by atoms with Gasteiger partial charge in [0.05, 0.1) is 17.4 Å². The standard InChI is InChI=1S/C11H8FN3O2S/c12-6-1-2-7(9(10(6)13)11(16)17)18-8-5-14-3-4-15-8/h1-5H,13H2,(H,16,17). The summed E-state index contributed by atoms with van der Waals surface area (Å²) < 4.78 is 13.2. The fourth-order valence-corrected chi connectivity index (χ4v) is 2.22. The quantitative estimate of drug-likeness (QED) is 0.825. The first-order valence-electron chi connectivity index (χ1n) is 4.84. The van der Waals surface area contributed by atoms with Gasteiger partial charge in [-0.05, 0) is 12.1 Å². The van der Waals surface area contributed by atoms with Gasteiger partial charge in [0.15, 0.2) is 0 Å². The summed E-state index contributed by atoms with van der Waals surface area (Å²) >= 11 is 1.06. The average molecular weight is 265 g/mol. The van der Waals surface area contributed by atoms with Crippen molar-refractivity contribution in [3.63, 3.8) is 0 Å². The first-order valence-corrected chi connectivity index (χ1v) is 5.66. The Hall–Kier alpha value is -2.15. The van der Waals surface area contributed by atoms with Crippen molar-refractivity contribution in [1.82, 2.24) is 9.97 Å². The predicted octanol–water partition coefficient (Wildman–Crippen LogP) is 2.05. The van der Waals surface area contributed by atoms with Crippen molar-refractivity contribution in [2.45, 2.75) is 9.92 Å². The molecule has 0 saturated carbocycles. The van der Waals surface area contributed by atoms with Crippen molar-refractivity contribution in [3.05, 3.63) is 42.1 Å². The van der Waals surface area contributed by atoms with Gasteiger partial charge in [-0.2, -0.15) is 0 Å². The number of carboxylic acids is 1. The molecule has 18 heavy (non-hydrogen) atoms. The monoisotopic (exact) mass is 265 g/mol. The van der Waals surface area contributed by atoms with E-state index in [2.05, 4.69) is 9.97 Å². The minimum atomic E-state index is -1.28. The Balaban J connectivity index is 2.45. The van der Waals surface area contributed by atoms with Crippen molar-refractivity contribution >= 4 is 23.4 Å². The summed E-state index contributed by atoms with van der Waals surface area (Å²) in [6.07, 6.45) is 4.46. The summed E-state index contributed by atoms with van der Waals surface area (Å²) in [5.74, 6) is -2.03. The van der Waals surface area contributed by atoms with E-state index in [1.54, 1.807) is 0 Å². The zero-order valence-corrected chi connectivity index (χ0v) is 9.82. The van der Waals surface area contributed by atoms with Crippen LogP contribution in [0, 0.1) is 5.82 Å². The Bertz CT molecular complexity index is 592. The van der Waals surface area contributed by atoms with E-state index in [-0.39, 0.29) is 11.3 Å². The molecule has 1 aromatic heterocycles. The lowest BCUT2D eigenvalue weighted by Crippen LogP contribution is -2.06. The number of anilines is 1. The maximum Gasteiger partial charge on any atom is 0.339 e. The van der Waals surface area contributed by atoms with Gasteiger partial charge in [-0.15, -0.1) is 0 Å². The van der Waals surface area contributed by atoms with Crippen LogP contribution < -0.4 is 5.73 Å². The second-order valence-electron chi connectivity index (χ2n) is 3.29. The van der Waals surface area contributed by atoms with E-state index >= 15 is 0 Å². The van der Waals surface area contributed by atoms with Crippen molar-refractivity contribution in [1.29, 1.82) is 0 Å². The number of hydrogen-bond acceptors (Lipinski definition) is 5. The Morgan fingerprint density at radius 3 is 2.78 bits per heavy atom. The number of nitrogens with zero attached hydrogens (tertiary/aromatic N) is 2. The molecule has 2 aromatic rings. The maximum absolute atomic E-state index is 13.2. The Labute approximate surface area is 106 Å². The van der Waals surface area contributed by atoms with Crippen LogP contribution in [-0.2, 0) is 0 Å². The van der Waals surface area contributed by atoms with Crippen LogP contribution in [0.15, 0.2) is 40.6 Å². The summed E-state index contributed by atoms with van der Waals surface area (Å²) in [5.41, 5.74) is 4.80. The second kappa shape index (κ2) is 5.01. The van der Waals surface area contributed by atoms with Crippen LogP contribution in [0.4, 0.5) is 10.1 Å². The van der Waals surface area contributed by atoms with E-state index in [1.807, 2.05) is 0 Å². The zero-order chi connectivity index (χ0) is 13.1. The summed E-state index contributed by atoms with van der Waals surface area (Å²) in [5, 5.41) is 9.56. The molecular formula is C11H8FN3O2S. The molecule has 0 radical (unpaired) electrons. The third-order valence-electron chi connectivity index (χ3n) is 2.12. The summed E-state index contributed by atoms with van der Waals surface area (Å²) in [4.78, 5) is 19.3. The van der Waals surface area contributed by atoms with Crippen LogP contribution in [-0.4, -0.2) is 21.0 Å². The smallest absolute Gasteiger partial charge is 0.339 e. The van der Waals surface area contributed by atoms with E-state index < -0.39 is 11.8 Å². The first-order chi connectivity index (χ1) is 8.59. The van der Waals surface area contributed by atoms with Crippen molar-refractivity contribution in [2.75, 3.05) is 5.73 Å². The predicted molar refractivity (Wildman–Crippen MR) is 63.9 cm³/mol. The van der Waals surface area contributed by atoms with Gasteiger partial charge in [0.1, 0.15) is 10.8 Å². The highest BCUT2D eigenvalue weighted by Crippen LogP contribution is 2.32. The number of nitrogen functional groups attached to an aromatic ring is 1. The largest absolute Gasteiger partial charge is 0.478 e. The van der Waals surface area contributed by atoms with Crippen LogP contribution >= 0.6 is 11.8 Å². The normalized spacial score (nSPS) is 10.3. The number of carboxylic acid groups (broad SMARTS) is 1. The number of benzene rings is 1. The Kier molecular flexibility index (Phi) is 3.42. The van der Waals surface area contributed by atoms with Gasteiger partial charge < -0.3 is 10.8 Å². The minimum absolute atomic E-state index is 0.259. The number of hydrogen-bond donors (Lipinski definition) is 2. The van der Waals surface area contributed by atoms with Crippen LogP contribution in [0.3, 0.4) is 0 Å². The molecule has 0 amide bonds. The molecule has 0 saturated heterocycles. The molecular weight excluding hydrogens is 257 g/mol. The van der Waals surface area contributed by atoms with E-state index in [4.69, 9.17) is 10.8 Å². The molecule has 0 atom stereocenters. The van der Waals surface area contributed by atoms with Crippen molar-refractivity contribution in [2.24, 2.45) is 0 Å².